The third-order valence-corrected chi connectivity index (χ3v) is 5.44. The van der Waals surface area contributed by atoms with Gasteiger partial charge in [0.25, 0.3) is 5.91 Å². The Bertz CT molecular complexity index is 1090. The van der Waals surface area contributed by atoms with Gasteiger partial charge in [-0.1, -0.05) is 30.3 Å². The lowest BCUT2D eigenvalue weighted by molar-refractivity contribution is -0.153. The molecule has 2 N–H and O–H groups in total. The number of halogens is 3. The number of hydrogen-bond donors (Lipinski definition) is 2. The number of rotatable bonds is 4. The molecule has 3 heterocycles. The van der Waals surface area contributed by atoms with Crippen LogP contribution in [-0.4, -0.2) is 34.1 Å². The summed E-state index contributed by atoms with van der Waals surface area (Å²) in [5.41, 5.74) is -0.606. The highest BCUT2D eigenvalue weighted by Gasteiger charge is 2.41. The average molecular weight is 446 g/mol. The van der Waals surface area contributed by atoms with E-state index in [0.29, 0.717) is 31.7 Å². The zero-order valence-corrected chi connectivity index (χ0v) is 17.2. The van der Waals surface area contributed by atoms with E-state index in [4.69, 9.17) is 0 Å². The Hall–Kier alpha value is -3.40. The lowest BCUT2D eigenvalue weighted by Crippen LogP contribution is -2.42. The number of carbonyl (C=O) groups is 1. The van der Waals surface area contributed by atoms with Gasteiger partial charge in [-0.25, -0.2) is 9.97 Å². The van der Waals surface area contributed by atoms with Gasteiger partial charge in [-0.3, -0.25) is 4.79 Å². The maximum absolute atomic E-state index is 13.0. The van der Waals surface area contributed by atoms with Gasteiger partial charge in [-0.15, -0.1) is 0 Å². The third kappa shape index (κ3) is 4.45. The van der Waals surface area contributed by atoms with Crippen LogP contribution in [0.25, 0.3) is 0 Å². The van der Waals surface area contributed by atoms with Gasteiger partial charge in [0.2, 0.25) is 5.76 Å². The Morgan fingerprint density at radius 1 is 1.16 bits per heavy atom. The number of piperidine rings is 1. The van der Waals surface area contributed by atoms with Crippen LogP contribution in [0.4, 0.5) is 24.7 Å². The normalized spacial score (nSPS) is 16.1. The van der Waals surface area contributed by atoms with Crippen molar-refractivity contribution in [3.05, 3.63) is 71.6 Å². The molecule has 0 radical (unpaired) electrons. The molecule has 0 bridgehead atoms. The molecule has 1 amide bonds. The van der Waals surface area contributed by atoms with E-state index in [1.165, 1.54) is 13.1 Å². The number of benzene rings is 1. The zero-order valence-electron chi connectivity index (χ0n) is 17.2. The average Bonchev–Trinajstić information content (AvgIpc) is 3.18. The second-order valence-corrected chi connectivity index (χ2v) is 7.65. The highest BCUT2D eigenvalue weighted by molar-refractivity contribution is 6.03. The predicted octanol–water partition coefficient (Wildman–Crippen LogP) is 4.14. The minimum Gasteiger partial charge on any atom is -0.436 e. The molecule has 3 aromatic rings. The summed E-state index contributed by atoms with van der Waals surface area (Å²) in [6.45, 7) is 2.40. The first-order valence-corrected chi connectivity index (χ1v) is 10.0. The van der Waals surface area contributed by atoms with Gasteiger partial charge >= 0.3 is 6.18 Å². The van der Waals surface area contributed by atoms with Gasteiger partial charge in [0.1, 0.15) is 5.82 Å². The molecule has 4 rings (SSSR count). The maximum Gasteiger partial charge on any atom is 0.452 e. The smallest absolute Gasteiger partial charge is 0.436 e. The molecule has 0 atom stereocenters. The van der Waals surface area contributed by atoms with Crippen LogP contribution >= 0.6 is 0 Å². The van der Waals surface area contributed by atoms with Crippen molar-refractivity contribution in [2.24, 2.45) is 0 Å². The molecule has 1 aliphatic rings. The topological polar surface area (TPSA) is 91.5 Å². The molecular weight excluding hydrogens is 425 g/mol. The van der Waals surface area contributed by atoms with Gasteiger partial charge < -0.3 is 19.7 Å². The standard InChI is InChI=1S/C22H21F3N4O3/c1-14-27-18(19(32-14)22(23,24)25)20(30)28-16-7-8-17(26-13-16)29-11-9-21(31,10-12-29)15-5-3-2-4-6-15/h2-8,13,31H,9-12H2,1H3,(H,28,30). The Morgan fingerprint density at radius 3 is 2.44 bits per heavy atom. The Labute approximate surface area is 181 Å². The second kappa shape index (κ2) is 8.27. The molecule has 0 saturated carbocycles. The molecule has 0 unspecified atom stereocenters. The summed E-state index contributed by atoms with van der Waals surface area (Å²) in [4.78, 5) is 22.2. The second-order valence-electron chi connectivity index (χ2n) is 7.65. The summed E-state index contributed by atoms with van der Waals surface area (Å²) in [5.74, 6) is -2.08. The van der Waals surface area contributed by atoms with E-state index < -0.39 is 29.1 Å². The number of amides is 1. The molecule has 10 heteroatoms. The van der Waals surface area contributed by atoms with E-state index >= 15 is 0 Å². The number of aromatic nitrogens is 2. The van der Waals surface area contributed by atoms with E-state index in [2.05, 4.69) is 19.7 Å². The Morgan fingerprint density at radius 2 is 1.84 bits per heavy atom. The van der Waals surface area contributed by atoms with Crippen molar-refractivity contribution in [3.63, 3.8) is 0 Å². The number of aliphatic hydroxyl groups is 1. The van der Waals surface area contributed by atoms with Gasteiger partial charge in [0, 0.05) is 20.0 Å². The maximum atomic E-state index is 13.0. The van der Waals surface area contributed by atoms with E-state index in [-0.39, 0.29) is 11.6 Å². The van der Waals surface area contributed by atoms with Crippen LogP contribution < -0.4 is 10.2 Å². The van der Waals surface area contributed by atoms with E-state index in [1.54, 1.807) is 12.1 Å². The van der Waals surface area contributed by atoms with Crippen LogP contribution in [0.2, 0.25) is 0 Å². The molecule has 32 heavy (non-hydrogen) atoms. The highest BCUT2D eigenvalue weighted by atomic mass is 19.4. The number of alkyl halides is 3. The fraction of sp³-hybridized carbons (Fsp3) is 0.318. The number of nitrogens with one attached hydrogen (secondary N) is 1. The van der Waals surface area contributed by atoms with Gasteiger partial charge in [0.05, 0.1) is 17.5 Å². The van der Waals surface area contributed by atoms with Gasteiger partial charge in [-0.05, 0) is 30.5 Å². The van der Waals surface area contributed by atoms with Crippen molar-refractivity contribution >= 4 is 17.4 Å². The molecule has 1 fully saturated rings. The van der Waals surface area contributed by atoms with E-state index in [1.807, 2.05) is 35.2 Å². The number of anilines is 2. The number of hydrogen-bond acceptors (Lipinski definition) is 6. The SMILES string of the molecule is Cc1nc(C(=O)Nc2ccc(N3CCC(O)(c4ccccc4)CC3)nc2)c(C(F)(F)F)o1. The zero-order chi connectivity index (χ0) is 22.9. The van der Waals surface area contributed by atoms with Crippen LogP contribution in [0.1, 0.15) is 40.5 Å². The van der Waals surface area contributed by atoms with Crippen LogP contribution in [0, 0.1) is 6.92 Å². The highest BCUT2D eigenvalue weighted by Crippen LogP contribution is 2.35. The van der Waals surface area contributed by atoms with Crippen molar-refractivity contribution in [3.8, 4) is 0 Å². The number of carbonyl (C=O) groups excluding carboxylic acids is 1. The van der Waals surface area contributed by atoms with Gasteiger partial charge in [0.15, 0.2) is 11.6 Å². The molecular formula is C22H21F3N4O3. The molecule has 1 aliphatic heterocycles. The Kier molecular flexibility index (Phi) is 5.64. The summed E-state index contributed by atoms with van der Waals surface area (Å²) in [6.07, 6.45) is -2.40. The van der Waals surface area contributed by atoms with Crippen molar-refractivity contribution in [1.82, 2.24) is 9.97 Å². The monoisotopic (exact) mass is 446 g/mol. The first kappa shape index (κ1) is 21.8. The van der Waals surface area contributed by atoms with Crippen molar-refractivity contribution in [2.75, 3.05) is 23.3 Å². The molecule has 0 spiro atoms. The quantitative estimate of drug-likeness (QED) is 0.626. The van der Waals surface area contributed by atoms with Crippen molar-refractivity contribution < 1.29 is 27.5 Å². The van der Waals surface area contributed by atoms with Gasteiger partial charge in [-0.2, -0.15) is 13.2 Å². The lowest BCUT2D eigenvalue weighted by atomic mass is 9.84. The minimum atomic E-state index is -4.83. The van der Waals surface area contributed by atoms with Crippen molar-refractivity contribution in [2.45, 2.75) is 31.5 Å². The summed E-state index contributed by atoms with van der Waals surface area (Å²) in [7, 11) is 0. The number of pyridine rings is 1. The molecule has 0 aliphatic carbocycles. The summed E-state index contributed by atoms with van der Waals surface area (Å²) >= 11 is 0. The third-order valence-electron chi connectivity index (χ3n) is 5.44. The first-order valence-electron chi connectivity index (χ1n) is 10.0. The Balaban J connectivity index is 1.41. The van der Waals surface area contributed by atoms with Crippen LogP contribution in [0.15, 0.2) is 53.1 Å². The molecule has 1 saturated heterocycles. The first-order chi connectivity index (χ1) is 15.2. The summed E-state index contributed by atoms with van der Waals surface area (Å²) < 4.78 is 43.6. The lowest BCUT2D eigenvalue weighted by Gasteiger charge is -2.39. The fourth-order valence-electron chi connectivity index (χ4n) is 3.75. The van der Waals surface area contributed by atoms with E-state index in [9.17, 15) is 23.1 Å². The summed E-state index contributed by atoms with van der Waals surface area (Å²) in [6, 6.07) is 12.7. The number of oxazole rings is 1. The van der Waals surface area contributed by atoms with Crippen LogP contribution in [-0.2, 0) is 11.8 Å². The molecule has 1 aromatic carbocycles. The molecule has 7 nitrogen and oxygen atoms in total. The van der Waals surface area contributed by atoms with E-state index in [0.717, 1.165) is 5.56 Å². The molecule has 2 aromatic heterocycles. The summed E-state index contributed by atoms with van der Waals surface area (Å²) in [5, 5.41) is 13.3. The van der Waals surface area contributed by atoms with Crippen molar-refractivity contribution in [1.29, 1.82) is 0 Å². The predicted molar refractivity (Wildman–Crippen MR) is 110 cm³/mol. The largest absolute Gasteiger partial charge is 0.452 e. The van der Waals surface area contributed by atoms with Crippen LogP contribution in [0.3, 0.4) is 0 Å². The number of aryl methyl sites for hydroxylation is 1. The number of nitrogens with zero attached hydrogens (tertiary/aromatic N) is 3. The fourth-order valence-corrected chi connectivity index (χ4v) is 3.75. The minimum absolute atomic E-state index is 0.227. The molecule has 168 valence electrons. The van der Waals surface area contributed by atoms with Crippen LogP contribution in [0.5, 0.6) is 0 Å².